The van der Waals surface area contributed by atoms with Gasteiger partial charge in [0.2, 0.25) is 0 Å². The molecule has 9 nitrogen and oxygen atoms in total. The van der Waals surface area contributed by atoms with Gasteiger partial charge >= 0.3 is 6.09 Å². The van der Waals surface area contributed by atoms with Crippen LogP contribution < -0.4 is 20.7 Å². The fourth-order valence-electron chi connectivity index (χ4n) is 2.63. The van der Waals surface area contributed by atoms with Crippen LogP contribution in [-0.4, -0.2) is 41.6 Å². The smallest absolute Gasteiger partial charge is 0.407 e. The van der Waals surface area contributed by atoms with Gasteiger partial charge in [-0.15, -0.1) is 0 Å². The summed E-state index contributed by atoms with van der Waals surface area (Å²) in [5, 5.41) is 7.80. The molecule has 0 aliphatic carbocycles. The van der Waals surface area contributed by atoms with E-state index in [0.717, 1.165) is 6.07 Å². The molecule has 2 rings (SSSR count). The Labute approximate surface area is 208 Å². The lowest BCUT2D eigenvalue weighted by molar-refractivity contribution is -0.122. The van der Waals surface area contributed by atoms with Gasteiger partial charge in [0.1, 0.15) is 22.9 Å². The summed E-state index contributed by atoms with van der Waals surface area (Å²) in [4.78, 5) is 40.2. The maximum atomic E-state index is 13.4. The molecule has 2 aromatic rings. The van der Waals surface area contributed by atoms with Crippen LogP contribution in [0.4, 0.5) is 9.18 Å². The third-order valence-corrected chi connectivity index (χ3v) is 4.49. The fraction of sp³-hybridized carbons (Fsp3) is 0.333. The predicted molar refractivity (Wildman–Crippen MR) is 128 cm³/mol. The van der Waals surface area contributed by atoms with Crippen LogP contribution in [0.25, 0.3) is 0 Å². The van der Waals surface area contributed by atoms with E-state index in [1.165, 1.54) is 18.3 Å². The Morgan fingerprint density at radius 2 is 1.89 bits per heavy atom. The minimum Gasteiger partial charge on any atom is -0.484 e. The zero-order valence-electron chi connectivity index (χ0n) is 19.7. The lowest BCUT2D eigenvalue weighted by Gasteiger charge is -2.19. The van der Waals surface area contributed by atoms with Crippen LogP contribution in [0, 0.1) is 5.82 Å². The van der Waals surface area contributed by atoms with Gasteiger partial charge in [0, 0.05) is 37.5 Å². The molecule has 0 spiro atoms. The topological polar surface area (TPSA) is 119 Å². The van der Waals surface area contributed by atoms with Crippen LogP contribution in [0.1, 0.15) is 43.2 Å². The molecule has 0 radical (unpaired) electrons. The standard InChI is InChI=1S/C24H28ClFN4O5/c1-15(30-21(31)14-34-17-5-6-18(25)19(26)12-17)7-9-28-22(32)20-11-16(8-10-27-20)13-29-23(33)35-24(2,3)4/h5-6,8,10-12H,1,7,9,13-14H2,2-4H3,(H,28,32)(H,29,33)(H,30,31). The van der Waals surface area contributed by atoms with E-state index in [0.29, 0.717) is 11.3 Å². The molecule has 0 unspecified atom stereocenters. The molecule has 0 saturated carbocycles. The highest BCUT2D eigenvalue weighted by atomic mass is 35.5. The number of amides is 3. The zero-order chi connectivity index (χ0) is 26.0. The highest BCUT2D eigenvalue weighted by Crippen LogP contribution is 2.20. The molecule has 188 valence electrons. The molecule has 1 aromatic heterocycles. The van der Waals surface area contributed by atoms with Crippen LogP contribution in [0.15, 0.2) is 48.8 Å². The average Bonchev–Trinajstić information content (AvgIpc) is 2.77. The van der Waals surface area contributed by atoms with Gasteiger partial charge in [-0.2, -0.15) is 0 Å². The second-order valence-corrected chi connectivity index (χ2v) is 8.83. The van der Waals surface area contributed by atoms with Crippen LogP contribution in [0.3, 0.4) is 0 Å². The SMILES string of the molecule is C=C(CCNC(=O)c1cc(CNC(=O)OC(C)(C)C)ccn1)NC(=O)COc1ccc(Cl)c(F)c1. The van der Waals surface area contributed by atoms with Crippen molar-refractivity contribution in [1.29, 1.82) is 0 Å². The van der Waals surface area contributed by atoms with Crippen molar-refractivity contribution < 1.29 is 28.2 Å². The molecule has 0 saturated heterocycles. The van der Waals surface area contributed by atoms with E-state index in [4.69, 9.17) is 21.1 Å². The summed E-state index contributed by atoms with van der Waals surface area (Å²) in [6.45, 7) is 9.05. The molecule has 0 atom stereocenters. The van der Waals surface area contributed by atoms with Crippen LogP contribution >= 0.6 is 11.6 Å². The van der Waals surface area contributed by atoms with E-state index in [1.807, 2.05) is 0 Å². The van der Waals surface area contributed by atoms with Gasteiger partial charge in [0.25, 0.3) is 11.8 Å². The fourth-order valence-corrected chi connectivity index (χ4v) is 2.74. The molecule has 3 amide bonds. The highest BCUT2D eigenvalue weighted by Gasteiger charge is 2.16. The molecule has 0 aliphatic rings. The maximum absolute atomic E-state index is 13.4. The van der Waals surface area contributed by atoms with Crippen molar-refractivity contribution in [2.24, 2.45) is 0 Å². The van der Waals surface area contributed by atoms with Crippen molar-refractivity contribution in [3.63, 3.8) is 0 Å². The molecule has 1 aromatic carbocycles. The molecule has 0 fully saturated rings. The van der Waals surface area contributed by atoms with Crippen molar-refractivity contribution >= 4 is 29.5 Å². The number of hydrogen-bond donors (Lipinski definition) is 3. The van der Waals surface area contributed by atoms with Gasteiger partial charge < -0.3 is 25.4 Å². The van der Waals surface area contributed by atoms with E-state index in [1.54, 1.807) is 32.9 Å². The van der Waals surface area contributed by atoms with Crippen molar-refractivity contribution in [3.8, 4) is 5.75 Å². The van der Waals surface area contributed by atoms with Crippen LogP contribution in [0.5, 0.6) is 5.75 Å². The number of pyridine rings is 1. The molecule has 35 heavy (non-hydrogen) atoms. The number of carbonyl (C=O) groups excluding carboxylic acids is 3. The number of nitrogens with one attached hydrogen (secondary N) is 3. The normalized spacial score (nSPS) is 10.8. The first-order valence-corrected chi connectivity index (χ1v) is 11.1. The van der Waals surface area contributed by atoms with Crippen LogP contribution in [0.2, 0.25) is 5.02 Å². The quantitative estimate of drug-likeness (QED) is 0.452. The summed E-state index contributed by atoms with van der Waals surface area (Å²) in [5.74, 6) is -1.39. The average molecular weight is 507 g/mol. The maximum Gasteiger partial charge on any atom is 0.407 e. The van der Waals surface area contributed by atoms with Crippen molar-refractivity contribution in [2.45, 2.75) is 39.3 Å². The second kappa shape index (κ2) is 12.7. The van der Waals surface area contributed by atoms with E-state index in [9.17, 15) is 18.8 Å². The molecule has 1 heterocycles. The number of nitrogens with zero attached hydrogens (tertiary/aromatic N) is 1. The van der Waals surface area contributed by atoms with Crippen molar-refractivity contribution in [1.82, 2.24) is 20.9 Å². The number of carbonyl (C=O) groups is 3. The van der Waals surface area contributed by atoms with Gasteiger partial charge in [0.05, 0.1) is 5.02 Å². The Bertz CT molecular complexity index is 1090. The Hall–Kier alpha value is -3.66. The van der Waals surface area contributed by atoms with E-state index in [2.05, 4.69) is 27.5 Å². The van der Waals surface area contributed by atoms with Crippen molar-refractivity contribution in [2.75, 3.05) is 13.2 Å². The minimum atomic E-state index is -0.649. The number of aromatic nitrogens is 1. The highest BCUT2D eigenvalue weighted by molar-refractivity contribution is 6.30. The molecule has 0 aliphatic heterocycles. The molecule has 3 N–H and O–H groups in total. The summed E-state index contributed by atoms with van der Waals surface area (Å²) in [5.41, 5.74) is 0.601. The van der Waals surface area contributed by atoms with Gasteiger partial charge in [-0.05, 0) is 50.6 Å². The second-order valence-electron chi connectivity index (χ2n) is 8.43. The summed E-state index contributed by atoms with van der Waals surface area (Å²) >= 11 is 5.60. The number of rotatable bonds is 10. The first-order chi connectivity index (χ1) is 16.4. The van der Waals surface area contributed by atoms with Gasteiger partial charge in [-0.1, -0.05) is 18.2 Å². The van der Waals surface area contributed by atoms with Gasteiger partial charge in [0.15, 0.2) is 6.61 Å². The number of ether oxygens (including phenoxy) is 2. The first kappa shape index (κ1) is 27.6. The summed E-state index contributed by atoms with van der Waals surface area (Å²) < 4.78 is 23.8. The predicted octanol–water partition coefficient (Wildman–Crippen LogP) is 3.73. The lowest BCUT2D eigenvalue weighted by Crippen LogP contribution is -2.32. The number of alkyl carbamates (subject to hydrolysis) is 1. The largest absolute Gasteiger partial charge is 0.484 e. The monoisotopic (exact) mass is 506 g/mol. The molecule has 11 heteroatoms. The number of benzene rings is 1. The van der Waals surface area contributed by atoms with Crippen LogP contribution in [-0.2, 0) is 16.1 Å². The first-order valence-electron chi connectivity index (χ1n) is 10.7. The molecular weight excluding hydrogens is 479 g/mol. The number of hydrogen-bond acceptors (Lipinski definition) is 6. The molecular formula is C24H28ClFN4O5. The van der Waals surface area contributed by atoms with E-state index < -0.39 is 29.3 Å². The Kier molecular flexibility index (Phi) is 10.0. The van der Waals surface area contributed by atoms with Crippen molar-refractivity contribution in [3.05, 3.63) is 70.9 Å². The minimum absolute atomic E-state index is 0.0448. The van der Waals surface area contributed by atoms with E-state index >= 15 is 0 Å². The Morgan fingerprint density at radius 1 is 1.14 bits per heavy atom. The lowest BCUT2D eigenvalue weighted by atomic mass is 10.2. The number of halogens is 2. The van der Waals surface area contributed by atoms with Gasteiger partial charge in [-0.25, -0.2) is 9.18 Å². The zero-order valence-corrected chi connectivity index (χ0v) is 20.5. The molecule has 0 bridgehead atoms. The third-order valence-electron chi connectivity index (χ3n) is 4.18. The Balaban J connectivity index is 1.72. The van der Waals surface area contributed by atoms with Gasteiger partial charge in [-0.3, -0.25) is 14.6 Å². The summed E-state index contributed by atoms with van der Waals surface area (Å²) in [6, 6.07) is 7.08. The summed E-state index contributed by atoms with van der Waals surface area (Å²) in [7, 11) is 0. The van der Waals surface area contributed by atoms with E-state index in [-0.39, 0.29) is 42.6 Å². The Morgan fingerprint density at radius 3 is 2.57 bits per heavy atom. The third kappa shape index (κ3) is 10.4. The summed E-state index contributed by atoms with van der Waals surface area (Å²) in [6.07, 6.45) is 1.17.